The van der Waals surface area contributed by atoms with Gasteiger partial charge in [0, 0.05) is 0 Å². The third-order valence-electron chi connectivity index (χ3n) is 3.22. The van der Waals surface area contributed by atoms with Gasteiger partial charge in [0.1, 0.15) is 19.3 Å². The molecule has 1 aliphatic rings. The van der Waals surface area contributed by atoms with Gasteiger partial charge in [-0.1, -0.05) is 36.4 Å². The molecule has 21 heavy (non-hydrogen) atoms. The lowest BCUT2D eigenvalue weighted by Crippen LogP contribution is -2.06. The fourth-order valence-corrected chi connectivity index (χ4v) is 1.99. The largest absolute Gasteiger partial charge is 0.493 e. The summed E-state index contributed by atoms with van der Waals surface area (Å²) < 4.78 is 22.2. The lowest BCUT2D eigenvalue weighted by Gasteiger charge is -2.15. The van der Waals surface area contributed by atoms with Crippen molar-refractivity contribution >= 4 is 0 Å². The van der Waals surface area contributed by atoms with Crippen molar-refractivity contribution in [3.63, 3.8) is 0 Å². The lowest BCUT2D eigenvalue weighted by atomic mass is 10.2. The molecular formula is C17H18O4. The van der Waals surface area contributed by atoms with Crippen molar-refractivity contribution in [1.82, 2.24) is 0 Å². The lowest BCUT2D eigenvalue weighted by molar-refractivity contribution is 0.230. The number of hydrogen-bond donors (Lipinski definition) is 0. The number of methoxy groups -OCH3 is 1. The number of ether oxygens (including phenoxy) is 4. The average molecular weight is 286 g/mol. The summed E-state index contributed by atoms with van der Waals surface area (Å²) in [6.45, 7) is 1.77. The minimum absolute atomic E-state index is 0.207. The predicted octanol–water partition coefficient (Wildman–Crippen LogP) is 3.05. The van der Waals surface area contributed by atoms with Gasteiger partial charge in [-0.05, 0) is 17.7 Å². The minimum Gasteiger partial charge on any atom is -0.493 e. The summed E-state index contributed by atoms with van der Waals surface area (Å²) in [5, 5.41) is 0. The van der Waals surface area contributed by atoms with Gasteiger partial charge in [0.15, 0.2) is 11.5 Å². The van der Waals surface area contributed by atoms with E-state index in [9.17, 15) is 0 Å². The quantitative estimate of drug-likeness (QED) is 0.733. The third-order valence-corrected chi connectivity index (χ3v) is 3.22. The number of rotatable bonds is 7. The molecule has 0 unspecified atom stereocenters. The van der Waals surface area contributed by atoms with Crippen LogP contribution in [0.25, 0.3) is 0 Å². The van der Waals surface area contributed by atoms with Gasteiger partial charge in [0.05, 0.1) is 13.7 Å². The average Bonchev–Trinajstić information content (AvgIpc) is 3.36. The van der Waals surface area contributed by atoms with Crippen molar-refractivity contribution < 1.29 is 18.9 Å². The monoisotopic (exact) mass is 286 g/mol. The molecule has 4 heteroatoms. The predicted molar refractivity (Wildman–Crippen MR) is 79.0 cm³/mol. The van der Waals surface area contributed by atoms with Gasteiger partial charge in [0.2, 0.25) is 5.75 Å². The van der Waals surface area contributed by atoms with Crippen LogP contribution >= 0.6 is 0 Å². The molecule has 0 saturated carbocycles. The highest BCUT2D eigenvalue weighted by atomic mass is 16.6. The van der Waals surface area contributed by atoms with Crippen molar-refractivity contribution in [3.8, 4) is 17.2 Å². The Balaban J connectivity index is 1.73. The van der Waals surface area contributed by atoms with Crippen molar-refractivity contribution in [2.24, 2.45) is 0 Å². The molecule has 2 aromatic carbocycles. The van der Waals surface area contributed by atoms with Crippen LogP contribution in [-0.4, -0.2) is 26.4 Å². The van der Waals surface area contributed by atoms with Crippen LogP contribution in [0.5, 0.6) is 17.2 Å². The zero-order valence-electron chi connectivity index (χ0n) is 12.0. The molecule has 1 heterocycles. The second kappa shape index (κ2) is 6.50. The van der Waals surface area contributed by atoms with Gasteiger partial charge in [-0.3, -0.25) is 0 Å². The molecule has 110 valence electrons. The highest BCUT2D eigenvalue weighted by molar-refractivity contribution is 5.51. The van der Waals surface area contributed by atoms with E-state index in [1.54, 1.807) is 7.11 Å². The molecule has 1 fully saturated rings. The summed E-state index contributed by atoms with van der Waals surface area (Å²) in [6, 6.07) is 15.6. The van der Waals surface area contributed by atoms with E-state index in [-0.39, 0.29) is 6.10 Å². The Morgan fingerprint density at radius 1 is 1.00 bits per heavy atom. The SMILES string of the molecule is COc1cccc(OC[C@H]2CO2)c1OCc1ccccc1. The third kappa shape index (κ3) is 3.67. The molecule has 1 atom stereocenters. The summed E-state index contributed by atoms with van der Waals surface area (Å²) in [6.07, 6.45) is 0.207. The Labute approximate surface area is 124 Å². The smallest absolute Gasteiger partial charge is 0.203 e. The molecule has 1 saturated heterocycles. The normalized spacial score (nSPS) is 16.3. The van der Waals surface area contributed by atoms with Crippen LogP contribution in [0.2, 0.25) is 0 Å². The molecule has 2 aromatic rings. The van der Waals surface area contributed by atoms with Crippen LogP contribution in [0.3, 0.4) is 0 Å². The van der Waals surface area contributed by atoms with Gasteiger partial charge in [0.25, 0.3) is 0 Å². The fourth-order valence-electron chi connectivity index (χ4n) is 1.99. The van der Waals surface area contributed by atoms with E-state index >= 15 is 0 Å². The molecule has 0 amide bonds. The van der Waals surface area contributed by atoms with Gasteiger partial charge in [-0.25, -0.2) is 0 Å². The van der Waals surface area contributed by atoms with Crippen LogP contribution < -0.4 is 14.2 Å². The fraction of sp³-hybridized carbons (Fsp3) is 0.294. The second-order valence-electron chi connectivity index (χ2n) is 4.83. The van der Waals surface area contributed by atoms with E-state index in [4.69, 9.17) is 18.9 Å². The van der Waals surface area contributed by atoms with E-state index < -0.39 is 0 Å². The zero-order chi connectivity index (χ0) is 14.5. The first-order chi connectivity index (χ1) is 10.4. The first-order valence-corrected chi connectivity index (χ1v) is 6.95. The van der Waals surface area contributed by atoms with Crippen molar-refractivity contribution in [2.45, 2.75) is 12.7 Å². The minimum atomic E-state index is 0.207. The van der Waals surface area contributed by atoms with Gasteiger partial charge < -0.3 is 18.9 Å². The molecule has 4 nitrogen and oxygen atoms in total. The number of hydrogen-bond acceptors (Lipinski definition) is 4. The highest BCUT2D eigenvalue weighted by Crippen LogP contribution is 2.37. The summed E-state index contributed by atoms with van der Waals surface area (Å²) >= 11 is 0. The Bertz CT molecular complexity index is 579. The molecule has 0 aromatic heterocycles. The summed E-state index contributed by atoms with van der Waals surface area (Å²) in [5.41, 5.74) is 1.10. The molecule has 1 aliphatic heterocycles. The van der Waals surface area contributed by atoms with Crippen molar-refractivity contribution in [3.05, 3.63) is 54.1 Å². The number of epoxide rings is 1. The van der Waals surface area contributed by atoms with E-state index in [1.807, 2.05) is 48.5 Å². The van der Waals surface area contributed by atoms with E-state index in [2.05, 4.69) is 0 Å². The maximum absolute atomic E-state index is 5.91. The van der Waals surface area contributed by atoms with Crippen LogP contribution in [0.1, 0.15) is 5.56 Å². The first kappa shape index (κ1) is 13.8. The van der Waals surface area contributed by atoms with Crippen molar-refractivity contribution in [2.75, 3.05) is 20.3 Å². The Hall–Kier alpha value is -2.20. The zero-order valence-corrected chi connectivity index (χ0v) is 12.0. The van der Waals surface area contributed by atoms with E-state index in [0.29, 0.717) is 30.5 Å². The molecule has 0 aliphatic carbocycles. The Morgan fingerprint density at radius 2 is 1.76 bits per heavy atom. The van der Waals surface area contributed by atoms with E-state index in [1.165, 1.54) is 0 Å². The summed E-state index contributed by atoms with van der Waals surface area (Å²) in [7, 11) is 1.62. The van der Waals surface area contributed by atoms with Crippen LogP contribution in [0.4, 0.5) is 0 Å². The Kier molecular flexibility index (Phi) is 4.26. The first-order valence-electron chi connectivity index (χ1n) is 6.95. The van der Waals surface area contributed by atoms with Gasteiger partial charge >= 0.3 is 0 Å². The van der Waals surface area contributed by atoms with Gasteiger partial charge in [-0.15, -0.1) is 0 Å². The molecular weight excluding hydrogens is 268 g/mol. The number of benzene rings is 2. The molecule has 0 bridgehead atoms. The molecule has 0 spiro atoms. The maximum Gasteiger partial charge on any atom is 0.203 e. The van der Waals surface area contributed by atoms with E-state index in [0.717, 1.165) is 12.2 Å². The van der Waals surface area contributed by atoms with Gasteiger partial charge in [-0.2, -0.15) is 0 Å². The van der Waals surface area contributed by atoms with Crippen LogP contribution in [-0.2, 0) is 11.3 Å². The van der Waals surface area contributed by atoms with Crippen LogP contribution in [0, 0.1) is 0 Å². The second-order valence-corrected chi connectivity index (χ2v) is 4.83. The van der Waals surface area contributed by atoms with Crippen molar-refractivity contribution in [1.29, 1.82) is 0 Å². The Morgan fingerprint density at radius 3 is 2.48 bits per heavy atom. The maximum atomic E-state index is 5.91. The number of para-hydroxylation sites is 1. The summed E-state index contributed by atoms with van der Waals surface area (Å²) in [5.74, 6) is 1.98. The summed E-state index contributed by atoms with van der Waals surface area (Å²) in [4.78, 5) is 0. The highest BCUT2D eigenvalue weighted by Gasteiger charge is 2.24. The molecule has 3 rings (SSSR count). The van der Waals surface area contributed by atoms with Crippen LogP contribution in [0.15, 0.2) is 48.5 Å². The molecule has 0 radical (unpaired) electrons. The standard InChI is InChI=1S/C17H18O4/c1-18-15-8-5-9-16(20-12-14-11-19-14)17(15)21-10-13-6-3-2-4-7-13/h2-9,14H,10-12H2,1H3/t14-/m1/s1. The topological polar surface area (TPSA) is 40.2 Å². The molecule has 0 N–H and O–H groups in total.